The van der Waals surface area contributed by atoms with E-state index < -0.39 is 0 Å². The second kappa shape index (κ2) is 6.01. The summed E-state index contributed by atoms with van der Waals surface area (Å²) in [6.45, 7) is 5.63. The van der Waals surface area contributed by atoms with Crippen LogP contribution in [0.2, 0.25) is 0 Å². The summed E-state index contributed by atoms with van der Waals surface area (Å²) < 4.78 is 0. The van der Waals surface area contributed by atoms with Crippen molar-refractivity contribution < 1.29 is 4.79 Å². The van der Waals surface area contributed by atoms with Crippen molar-refractivity contribution in [3.63, 3.8) is 0 Å². The van der Waals surface area contributed by atoms with E-state index in [0.29, 0.717) is 21.9 Å². The Morgan fingerprint density at radius 1 is 1.19 bits per heavy atom. The predicted octanol–water partition coefficient (Wildman–Crippen LogP) is 2.89. The van der Waals surface area contributed by atoms with E-state index in [-0.39, 0.29) is 5.91 Å². The number of rotatable bonds is 3. The highest BCUT2D eigenvalue weighted by molar-refractivity contribution is 7.80. The van der Waals surface area contributed by atoms with E-state index in [9.17, 15) is 4.79 Å². The van der Waals surface area contributed by atoms with Crippen molar-refractivity contribution in [3.05, 3.63) is 58.4 Å². The van der Waals surface area contributed by atoms with E-state index >= 15 is 0 Å². The molecule has 5 heteroatoms. The van der Waals surface area contributed by atoms with Crippen LogP contribution in [0.1, 0.15) is 32.9 Å². The summed E-state index contributed by atoms with van der Waals surface area (Å²) in [6.07, 6.45) is 0. The van der Waals surface area contributed by atoms with Crippen LogP contribution in [0.15, 0.2) is 30.3 Å². The maximum atomic E-state index is 12.4. The van der Waals surface area contributed by atoms with Gasteiger partial charge in [-0.15, -0.1) is 0 Å². The maximum Gasteiger partial charge on any atom is 0.257 e. The third-order valence-corrected chi connectivity index (χ3v) is 3.48. The summed E-state index contributed by atoms with van der Waals surface area (Å²) in [5.74, 6) is -0.191. The lowest BCUT2D eigenvalue weighted by atomic mass is 10.1. The smallest absolute Gasteiger partial charge is 0.257 e. The van der Waals surface area contributed by atoms with Crippen molar-refractivity contribution >= 4 is 28.8 Å². The molecule has 0 aliphatic rings. The minimum atomic E-state index is -0.191. The highest BCUT2D eigenvalue weighted by Crippen LogP contribution is 2.18. The molecule has 1 aromatic heterocycles. The van der Waals surface area contributed by atoms with Gasteiger partial charge in [-0.2, -0.15) is 0 Å². The van der Waals surface area contributed by atoms with Crippen molar-refractivity contribution in [1.82, 2.24) is 4.98 Å². The van der Waals surface area contributed by atoms with Gasteiger partial charge in [0.1, 0.15) is 4.99 Å². The molecule has 0 bridgehead atoms. The molecule has 4 nitrogen and oxygen atoms in total. The zero-order valence-corrected chi connectivity index (χ0v) is 13.0. The Morgan fingerprint density at radius 2 is 1.90 bits per heavy atom. The molecule has 0 spiro atoms. The fourth-order valence-electron chi connectivity index (χ4n) is 2.03. The number of benzene rings is 1. The van der Waals surface area contributed by atoms with Gasteiger partial charge in [0.25, 0.3) is 5.91 Å². The van der Waals surface area contributed by atoms with Gasteiger partial charge in [0, 0.05) is 16.9 Å². The normalized spacial score (nSPS) is 10.2. The molecule has 0 unspecified atom stereocenters. The van der Waals surface area contributed by atoms with Crippen molar-refractivity contribution in [2.24, 2.45) is 5.73 Å². The summed E-state index contributed by atoms with van der Waals surface area (Å²) in [4.78, 5) is 17.0. The number of nitrogens with two attached hydrogens (primary N) is 1. The standard InChI is InChI=1S/C16H17N3OS/c1-9-4-6-12(15(17)21)8-14(9)19-16(20)13-7-5-10(2)18-11(13)3/h4-8H,1-3H3,(H2,17,21)(H,19,20). The van der Waals surface area contributed by atoms with Crippen LogP contribution in [0, 0.1) is 20.8 Å². The highest BCUT2D eigenvalue weighted by Gasteiger charge is 2.12. The molecule has 0 aliphatic carbocycles. The van der Waals surface area contributed by atoms with Gasteiger partial charge in [-0.25, -0.2) is 0 Å². The van der Waals surface area contributed by atoms with Gasteiger partial charge in [0.2, 0.25) is 0 Å². The molecule has 0 atom stereocenters. The topological polar surface area (TPSA) is 68.0 Å². The van der Waals surface area contributed by atoms with E-state index in [1.54, 1.807) is 12.1 Å². The molecule has 1 heterocycles. The van der Waals surface area contributed by atoms with Gasteiger partial charge in [-0.3, -0.25) is 9.78 Å². The van der Waals surface area contributed by atoms with E-state index in [0.717, 1.165) is 16.8 Å². The van der Waals surface area contributed by atoms with Crippen LogP contribution < -0.4 is 11.1 Å². The van der Waals surface area contributed by atoms with Crippen LogP contribution in [-0.2, 0) is 0 Å². The minimum Gasteiger partial charge on any atom is -0.389 e. The molecular formula is C16H17N3OS. The minimum absolute atomic E-state index is 0.191. The van der Waals surface area contributed by atoms with E-state index in [1.165, 1.54) is 0 Å². The van der Waals surface area contributed by atoms with Crippen LogP contribution in [0.25, 0.3) is 0 Å². The number of nitrogens with zero attached hydrogens (tertiary/aromatic N) is 1. The Kier molecular flexibility index (Phi) is 4.33. The number of carbonyl (C=O) groups is 1. The molecule has 108 valence electrons. The van der Waals surface area contributed by atoms with Crippen LogP contribution in [0.5, 0.6) is 0 Å². The van der Waals surface area contributed by atoms with Crippen LogP contribution in [0.3, 0.4) is 0 Å². The lowest BCUT2D eigenvalue weighted by Crippen LogP contribution is -2.16. The largest absolute Gasteiger partial charge is 0.389 e. The Balaban J connectivity index is 2.31. The first-order valence-corrected chi connectivity index (χ1v) is 6.95. The Labute approximate surface area is 129 Å². The lowest BCUT2D eigenvalue weighted by molar-refractivity contribution is 0.102. The second-order valence-corrected chi connectivity index (χ2v) is 5.37. The van der Waals surface area contributed by atoms with Crippen molar-refractivity contribution in [1.29, 1.82) is 0 Å². The quantitative estimate of drug-likeness (QED) is 0.855. The number of aromatic nitrogens is 1. The van der Waals surface area contributed by atoms with Crippen molar-refractivity contribution in [2.45, 2.75) is 20.8 Å². The first kappa shape index (κ1) is 15.1. The molecule has 21 heavy (non-hydrogen) atoms. The summed E-state index contributed by atoms with van der Waals surface area (Å²) in [5, 5.41) is 2.89. The van der Waals surface area contributed by atoms with E-state index in [2.05, 4.69) is 10.3 Å². The fourth-order valence-corrected chi connectivity index (χ4v) is 2.15. The Hall–Kier alpha value is -2.27. The first-order chi connectivity index (χ1) is 9.88. The summed E-state index contributed by atoms with van der Waals surface area (Å²) >= 11 is 4.96. The highest BCUT2D eigenvalue weighted by atomic mass is 32.1. The number of aryl methyl sites for hydroxylation is 3. The van der Waals surface area contributed by atoms with E-state index in [1.807, 2.05) is 39.0 Å². The van der Waals surface area contributed by atoms with Gasteiger partial charge in [-0.1, -0.05) is 24.4 Å². The number of thiocarbonyl (C=S) groups is 1. The summed E-state index contributed by atoms with van der Waals surface area (Å²) in [6, 6.07) is 9.10. The number of hydrogen-bond acceptors (Lipinski definition) is 3. The first-order valence-electron chi connectivity index (χ1n) is 6.54. The zero-order valence-electron chi connectivity index (χ0n) is 12.2. The number of pyridine rings is 1. The number of amides is 1. The molecule has 0 saturated heterocycles. The van der Waals surface area contributed by atoms with Crippen LogP contribution >= 0.6 is 12.2 Å². The average Bonchev–Trinajstić information content (AvgIpc) is 2.40. The maximum absolute atomic E-state index is 12.4. The number of carbonyl (C=O) groups excluding carboxylic acids is 1. The molecule has 0 saturated carbocycles. The fraction of sp³-hybridized carbons (Fsp3) is 0.188. The van der Waals surface area contributed by atoms with Crippen LogP contribution in [0.4, 0.5) is 5.69 Å². The van der Waals surface area contributed by atoms with Crippen LogP contribution in [-0.4, -0.2) is 15.9 Å². The second-order valence-electron chi connectivity index (χ2n) is 4.93. The molecule has 0 aliphatic heterocycles. The van der Waals surface area contributed by atoms with Gasteiger partial charge < -0.3 is 11.1 Å². The van der Waals surface area contributed by atoms with Gasteiger partial charge in [0.05, 0.1) is 11.3 Å². The molecule has 0 radical (unpaired) electrons. The summed E-state index contributed by atoms with van der Waals surface area (Å²) in [7, 11) is 0. The molecule has 3 N–H and O–H groups in total. The Bertz CT molecular complexity index is 725. The molecule has 0 fully saturated rings. The summed E-state index contributed by atoms with van der Waals surface area (Å²) in [5.41, 5.74) is 10.1. The predicted molar refractivity (Wildman–Crippen MR) is 88.7 cm³/mol. The Morgan fingerprint density at radius 3 is 2.52 bits per heavy atom. The molecule has 1 aromatic carbocycles. The van der Waals surface area contributed by atoms with Gasteiger partial charge >= 0.3 is 0 Å². The number of nitrogens with one attached hydrogen (secondary N) is 1. The zero-order chi connectivity index (χ0) is 15.6. The van der Waals surface area contributed by atoms with Crippen molar-refractivity contribution in [2.75, 3.05) is 5.32 Å². The lowest BCUT2D eigenvalue weighted by Gasteiger charge is -2.11. The molecule has 2 aromatic rings. The molecular weight excluding hydrogens is 282 g/mol. The van der Waals surface area contributed by atoms with Gasteiger partial charge in [0.15, 0.2) is 0 Å². The SMILES string of the molecule is Cc1ccc(C(=O)Nc2cc(C(N)=S)ccc2C)c(C)n1. The van der Waals surface area contributed by atoms with Gasteiger partial charge in [-0.05, 0) is 44.5 Å². The third kappa shape index (κ3) is 3.44. The monoisotopic (exact) mass is 299 g/mol. The average molecular weight is 299 g/mol. The van der Waals surface area contributed by atoms with E-state index in [4.69, 9.17) is 18.0 Å². The van der Waals surface area contributed by atoms with Crippen molar-refractivity contribution in [3.8, 4) is 0 Å². The molecule has 1 amide bonds. The number of hydrogen-bond donors (Lipinski definition) is 2. The third-order valence-electron chi connectivity index (χ3n) is 3.24. The molecule has 2 rings (SSSR count). The number of anilines is 1.